The third-order valence-electron chi connectivity index (χ3n) is 2.43. The predicted octanol–water partition coefficient (Wildman–Crippen LogP) is -0.524. The van der Waals surface area contributed by atoms with Gasteiger partial charge in [0.2, 0.25) is 5.91 Å². The Hall–Kier alpha value is -1.08. The van der Waals surface area contributed by atoms with Gasteiger partial charge in [-0.3, -0.25) is 10.1 Å². The third kappa shape index (κ3) is 0.889. The lowest BCUT2D eigenvalue weighted by molar-refractivity contribution is -0.122. The maximum absolute atomic E-state index is 11.0. The lowest BCUT2D eigenvalue weighted by Gasteiger charge is -1.99. The lowest BCUT2D eigenvalue weighted by atomic mass is 10.3. The molecule has 0 spiro atoms. The van der Waals surface area contributed by atoms with Gasteiger partial charge in [0, 0.05) is 17.8 Å². The first-order chi connectivity index (χ1) is 5.34. The smallest absolute Gasteiger partial charge is 0.236 e. The van der Waals surface area contributed by atoms with Crippen molar-refractivity contribution in [3.63, 3.8) is 0 Å². The molecular weight excluding hydrogens is 144 g/mol. The molecule has 2 rings (SSSR count). The minimum Gasteiger partial charge on any atom is -0.381 e. The number of hydrogen-bond donors (Lipinski definition) is 1. The molecule has 0 aromatic heterocycles. The fourth-order valence-electron chi connectivity index (χ4n) is 1.77. The maximum atomic E-state index is 11.0. The van der Waals surface area contributed by atoms with E-state index in [1.165, 1.54) is 0 Å². The number of amides is 1. The first-order valence-corrected chi connectivity index (χ1v) is 3.61. The van der Waals surface area contributed by atoms with Crippen LogP contribution >= 0.6 is 0 Å². The summed E-state index contributed by atoms with van der Waals surface area (Å²) in [6, 6.07) is 0. The molecule has 2 atom stereocenters. The van der Waals surface area contributed by atoms with Gasteiger partial charge in [-0.1, -0.05) is 0 Å². The Kier molecular flexibility index (Phi) is 1.33. The number of nitriles is 1. The number of carbonyl (C=O) groups excluding carboxylic acids is 1. The molecule has 1 aliphatic carbocycles. The van der Waals surface area contributed by atoms with Gasteiger partial charge in [-0.2, -0.15) is 5.26 Å². The molecule has 58 valence electrons. The van der Waals surface area contributed by atoms with Gasteiger partial charge >= 0.3 is 0 Å². The van der Waals surface area contributed by atoms with Gasteiger partial charge in [0.1, 0.15) is 0 Å². The number of fused-ring (bicyclic) bond motifs is 1. The number of ether oxygens (including phenoxy) is 1. The first kappa shape index (κ1) is 6.62. The molecule has 2 aliphatic rings. The number of hydrogen-bond acceptors (Lipinski definition) is 3. The van der Waals surface area contributed by atoms with Crippen LogP contribution in [-0.4, -0.2) is 19.1 Å². The SMILES string of the molecule is N#CNC(=O)C1C2COCC21. The Morgan fingerprint density at radius 1 is 1.55 bits per heavy atom. The predicted molar refractivity (Wildman–Crippen MR) is 35.0 cm³/mol. The van der Waals surface area contributed by atoms with E-state index >= 15 is 0 Å². The van der Waals surface area contributed by atoms with Gasteiger partial charge in [0.15, 0.2) is 6.19 Å². The third-order valence-corrected chi connectivity index (χ3v) is 2.43. The van der Waals surface area contributed by atoms with Crippen LogP contribution in [0.25, 0.3) is 0 Å². The van der Waals surface area contributed by atoms with Crippen molar-refractivity contribution < 1.29 is 9.53 Å². The molecule has 2 fully saturated rings. The molecule has 0 aromatic carbocycles. The summed E-state index contributed by atoms with van der Waals surface area (Å²) in [7, 11) is 0. The van der Waals surface area contributed by atoms with Gasteiger partial charge in [0.25, 0.3) is 0 Å². The highest BCUT2D eigenvalue weighted by atomic mass is 16.5. The summed E-state index contributed by atoms with van der Waals surface area (Å²) in [5.74, 6) is 0.709. The van der Waals surface area contributed by atoms with E-state index < -0.39 is 0 Å². The Morgan fingerprint density at radius 3 is 2.73 bits per heavy atom. The van der Waals surface area contributed by atoms with Crippen molar-refractivity contribution in [3.8, 4) is 6.19 Å². The summed E-state index contributed by atoms with van der Waals surface area (Å²) >= 11 is 0. The van der Waals surface area contributed by atoms with Gasteiger partial charge in [-0.25, -0.2) is 0 Å². The highest BCUT2D eigenvalue weighted by molar-refractivity contribution is 5.83. The minimum atomic E-state index is -0.134. The topological polar surface area (TPSA) is 62.1 Å². The summed E-state index contributed by atoms with van der Waals surface area (Å²) in [5.41, 5.74) is 0. The molecular formula is C7H8N2O2. The fraction of sp³-hybridized carbons (Fsp3) is 0.714. The summed E-state index contributed by atoms with van der Waals surface area (Å²) in [6.45, 7) is 1.38. The van der Waals surface area contributed by atoms with Crippen LogP contribution in [-0.2, 0) is 9.53 Å². The van der Waals surface area contributed by atoms with E-state index in [0.29, 0.717) is 25.0 Å². The Bertz CT molecular complexity index is 223. The lowest BCUT2D eigenvalue weighted by Crippen LogP contribution is -2.22. The number of nitrogens with zero attached hydrogens (tertiary/aromatic N) is 1. The Morgan fingerprint density at radius 2 is 2.18 bits per heavy atom. The molecule has 0 aromatic rings. The standard InChI is InChI=1S/C7H8N2O2/c8-3-9-7(10)6-4-1-11-2-5(4)6/h4-6H,1-2H2,(H,9,10). The van der Waals surface area contributed by atoms with E-state index in [1.807, 2.05) is 0 Å². The number of nitrogens with one attached hydrogen (secondary N) is 1. The highest BCUT2D eigenvalue weighted by Gasteiger charge is 2.57. The molecule has 1 heterocycles. The number of rotatable bonds is 1. The van der Waals surface area contributed by atoms with E-state index in [-0.39, 0.29) is 11.8 Å². The van der Waals surface area contributed by atoms with Crippen molar-refractivity contribution in [1.29, 1.82) is 5.26 Å². The van der Waals surface area contributed by atoms with E-state index in [1.54, 1.807) is 6.19 Å². The molecule has 0 radical (unpaired) electrons. The van der Waals surface area contributed by atoms with Crippen LogP contribution in [0.15, 0.2) is 0 Å². The van der Waals surface area contributed by atoms with Crippen LogP contribution in [0.1, 0.15) is 0 Å². The van der Waals surface area contributed by atoms with Crippen LogP contribution in [0.5, 0.6) is 0 Å². The van der Waals surface area contributed by atoms with Crippen molar-refractivity contribution >= 4 is 5.91 Å². The van der Waals surface area contributed by atoms with Crippen molar-refractivity contribution in [2.75, 3.05) is 13.2 Å². The molecule has 1 amide bonds. The van der Waals surface area contributed by atoms with Crippen LogP contribution in [0.2, 0.25) is 0 Å². The van der Waals surface area contributed by atoms with Crippen molar-refractivity contribution in [3.05, 3.63) is 0 Å². The van der Waals surface area contributed by atoms with Crippen LogP contribution in [0.4, 0.5) is 0 Å². The van der Waals surface area contributed by atoms with Crippen molar-refractivity contribution in [1.82, 2.24) is 5.32 Å². The summed E-state index contributed by atoms with van der Waals surface area (Å²) in [6.07, 6.45) is 1.64. The molecule has 4 nitrogen and oxygen atoms in total. The number of carbonyl (C=O) groups is 1. The van der Waals surface area contributed by atoms with Crippen LogP contribution in [0, 0.1) is 29.2 Å². The fourth-order valence-corrected chi connectivity index (χ4v) is 1.77. The highest BCUT2D eigenvalue weighted by Crippen LogP contribution is 2.50. The molecule has 1 aliphatic heterocycles. The maximum Gasteiger partial charge on any atom is 0.236 e. The zero-order valence-electron chi connectivity index (χ0n) is 5.91. The Balaban J connectivity index is 1.91. The largest absolute Gasteiger partial charge is 0.381 e. The molecule has 1 N–H and O–H groups in total. The van der Waals surface area contributed by atoms with E-state index in [4.69, 9.17) is 10.00 Å². The molecule has 4 heteroatoms. The molecule has 1 saturated carbocycles. The molecule has 11 heavy (non-hydrogen) atoms. The monoisotopic (exact) mass is 152 g/mol. The second-order valence-electron chi connectivity index (χ2n) is 2.99. The van der Waals surface area contributed by atoms with Gasteiger partial charge < -0.3 is 4.74 Å². The Labute approximate surface area is 64.1 Å². The quantitative estimate of drug-likeness (QED) is 0.406. The van der Waals surface area contributed by atoms with Gasteiger partial charge in [-0.15, -0.1) is 0 Å². The van der Waals surface area contributed by atoms with E-state index in [2.05, 4.69) is 5.32 Å². The van der Waals surface area contributed by atoms with Crippen molar-refractivity contribution in [2.45, 2.75) is 0 Å². The zero-order chi connectivity index (χ0) is 7.84. The first-order valence-electron chi connectivity index (χ1n) is 3.61. The van der Waals surface area contributed by atoms with Crippen molar-refractivity contribution in [2.24, 2.45) is 17.8 Å². The average Bonchev–Trinajstić information content (AvgIpc) is 2.47. The summed E-state index contributed by atoms with van der Waals surface area (Å²) < 4.78 is 5.10. The summed E-state index contributed by atoms with van der Waals surface area (Å²) in [5, 5.41) is 10.3. The van der Waals surface area contributed by atoms with Gasteiger partial charge in [-0.05, 0) is 0 Å². The second-order valence-corrected chi connectivity index (χ2v) is 2.99. The molecule has 2 unspecified atom stereocenters. The van der Waals surface area contributed by atoms with Gasteiger partial charge in [0.05, 0.1) is 13.2 Å². The summed E-state index contributed by atoms with van der Waals surface area (Å²) in [4.78, 5) is 11.0. The molecule has 0 bridgehead atoms. The minimum absolute atomic E-state index is 0.0587. The van der Waals surface area contributed by atoms with Crippen LogP contribution in [0.3, 0.4) is 0 Å². The normalized spacial score (nSPS) is 39.0. The van der Waals surface area contributed by atoms with Crippen LogP contribution < -0.4 is 5.32 Å². The average molecular weight is 152 g/mol. The van der Waals surface area contributed by atoms with E-state index in [0.717, 1.165) is 0 Å². The second kappa shape index (κ2) is 2.21. The zero-order valence-corrected chi connectivity index (χ0v) is 5.91. The molecule has 1 saturated heterocycles. The van der Waals surface area contributed by atoms with E-state index in [9.17, 15) is 4.79 Å².